The summed E-state index contributed by atoms with van der Waals surface area (Å²) in [6.45, 7) is 1.94. The van der Waals surface area contributed by atoms with Crippen LogP contribution >= 0.6 is 0 Å². The highest BCUT2D eigenvalue weighted by Gasteiger charge is 2.12. The van der Waals surface area contributed by atoms with E-state index in [0.717, 1.165) is 11.2 Å². The van der Waals surface area contributed by atoms with Gasteiger partial charge in [-0.1, -0.05) is 18.2 Å². The fourth-order valence-electron chi connectivity index (χ4n) is 2.43. The number of aromatic nitrogens is 3. The molecule has 21 heavy (non-hydrogen) atoms. The summed E-state index contributed by atoms with van der Waals surface area (Å²) >= 11 is 0. The fraction of sp³-hybridized carbons (Fsp3) is 0.250. The number of rotatable bonds is 5. The Labute approximate surface area is 123 Å². The van der Waals surface area contributed by atoms with Gasteiger partial charge in [-0.3, -0.25) is 0 Å². The molecule has 0 bridgehead atoms. The molecule has 108 valence electrons. The van der Waals surface area contributed by atoms with E-state index in [1.165, 1.54) is 10.9 Å². The average molecular weight is 282 g/mol. The number of anilines is 1. The topological polar surface area (TPSA) is 73.8 Å². The van der Waals surface area contributed by atoms with E-state index in [0.29, 0.717) is 12.4 Å². The predicted molar refractivity (Wildman–Crippen MR) is 83.3 cm³/mol. The van der Waals surface area contributed by atoms with Gasteiger partial charge in [-0.15, -0.1) is 0 Å². The van der Waals surface area contributed by atoms with E-state index >= 15 is 0 Å². The van der Waals surface area contributed by atoms with Gasteiger partial charge in [0, 0.05) is 29.0 Å². The number of hydrogen-bond acceptors (Lipinski definition) is 4. The van der Waals surface area contributed by atoms with Crippen LogP contribution in [0.15, 0.2) is 42.7 Å². The maximum Gasteiger partial charge on any atom is 0.223 e. The molecule has 2 aromatic heterocycles. The summed E-state index contributed by atoms with van der Waals surface area (Å²) in [6, 6.07) is 9.88. The summed E-state index contributed by atoms with van der Waals surface area (Å²) < 4.78 is 0. The lowest BCUT2D eigenvalue weighted by molar-refractivity contribution is 0.273. The van der Waals surface area contributed by atoms with E-state index in [2.05, 4.69) is 26.3 Å². The number of benzene rings is 1. The van der Waals surface area contributed by atoms with Crippen LogP contribution in [-0.4, -0.2) is 32.7 Å². The van der Waals surface area contributed by atoms with Gasteiger partial charge in [0.2, 0.25) is 5.95 Å². The highest BCUT2D eigenvalue weighted by atomic mass is 16.3. The van der Waals surface area contributed by atoms with Crippen molar-refractivity contribution in [2.75, 3.05) is 11.9 Å². The summed E-state index contributed by atoms with van der Waals surface area (Å²) in [4.78, 5) is 11.7. The second-order valence-corrected chi connectivity index (χ2v) is 5.11. The fourth-order valence-corrected chi connectivity index (χ4v) is 2.43. The summed E-state index contributed by atoms with van der Waals surface area (Å²) in [6.07, 6.45) is 4.41. The van der Waals surface area contributed by atoms with E-state index in [4.69, 9.17) is 0 Å². The van der Waals surface area contributed by atoms with Gasteiger partial charge in [-0.05, 0) is 31.0 Å². The summed E-state index contributed by atoms with van der Waals surface area (Å²) in [5.74, 6) is 0.550. The molecule has 0 fully saturated rings. The smallest absolute Gasteiger partial charge is 0.223 e. The molecule has 1 atom stereocenters. The second kappa shape index (κ2) is 5.93. The molecule has 3 N–H and O–H groups in total. The lowest BCUT2D eigenvalue weighted by Crippen LogP contribution is -2.27. The van der Waals surface area contributed by atoms with Crippen molar-refractivity contribution in [3.05, 3.63) is 54.0 Å². The largest absolute Gasteiger partial charge is 0.394 e. The molecule has 3 aromatic rings. The number of nitrogens with one attached hydrogen (secondary N) is 2. The van der Waals surface area contributed by atoms with E-state index < -0.39 is 0 Å². The second-order valence-electron chi connectivity index (χ2n) is 5.11. The Kier molecular flexibility index (Phi) is 3.83. The minimum atomic E-state index is -0.119. The van der Waals surface area contributed by atoms with Crippen LogP contribution in [0, 0.1) is 6.92 Å². The molecule has 1 aromatic carbocycles. The van der Waals surface area contributed by atoms with Gasteiger partial charge in [0.05, 0.1) is 12.6 Å². The van der Waals surface area contributed by atoms with E-state index in [1.807, 2.05) is 37.4 Å². The van der Waals surface area contributed by atoms with Crippen molar-refractivity contribution < 1.29 is 5.11 Å². The SMILES string of the molecule is Cc1ccnc(NC(CO)Cc2c[nH]c3ccccc23)n1. The summed E-state index contributed by atoms with van der Waals surface area (Å²) in [7, 11) is 0. The van der Waals surface area contributed by atoms with Crippen LogP contribution in [-0.2, 0) is 6.42 Å². The highest BCUT2D eigenvalue weighted by molar-refractivity contribution is 5.83. The van der Waals surface area contributed by atoms with Gasteiger partial charge >= 0.3 is 0 Å². The molecule has 0 spiro atoms. The molecule has 0 amide bonds. The third-order valence-electron chi connectivity index (χ3n) is 3.49. The molecule has 3 rings (SSSR count). The number of aryl methyl sites for hydroxylation is 1. The third kappa shape index (κ3) is 3.03. The Morgan fingerprint density at radius 1 is 1.29 bits per heavy atom. The minimum absolute atomic E-state index is 0.0246. The van der Waals surface area contributed by atoms with Crippen molar-refractivity contribution >= 4 is 16.9 Å². The molecule has 0 aliphatic carbocycles. The standard InChI is InChI=1S/C16H18N4O/c1-11-6-7-17-16(19-11)20-13(10-21)8-12-9-18-15-5-3-2-4-14(12)15/h2-7,9,13,18,21H,8,10H2,1H3,(H,17,19,20). The molecule has 1 unspecified atom stereocenters. The minimum Gasteiger partial charge on any atom is -0.394 e. The van der Waals surface area contributed by atoms with Crippen LogP contribution in [0.4, 0.5) is 5.95 Å². The number of fused-ring (bicyclic) bond motifs is 1. The first-order chi connectivity index (χ1) is 10.3. The normalized spacial score (nSPS) is 12.5. The molecule has 5 nitrogen and oxygen atoms in total. The highest BCUT2D eigenvalue weighted by Crippen LogP contribution is 2.19. The Morgan fingerprint density at radius 3 is 2.95 bits per heavy atom. The molecule has 0 radical (unpaired) electrons. The van der Waals surface area contributed by atoms with Crippen molar-refractivity contribution in [3.63, 3.8) is 0 Å². The Morgan fingerprint density at radius 2 is 2.14 bits per heavy atom. The Balaban J connectivity index is 1.78. The van der Waals surface area contributed by atoms with Crippen molar-refractivity contribution in [2.24, 2.45) is 0 Å². The van der Waals surface area contributed by atoms with Gasteiger partial charge in [0.1, 0.15) is 0 Å². The van der Waals surface area contributed by atoms with Crippen LogP contribution in [0.25, 0.3) is 10.9 Å². The van der Waals surface area contributed by atoms with Crippen LogP contribution in [0.5, 0.6) is 0 Å². The number of para-hydroxylation sites is 1. The van der Waals surface area contributed by atoms with Gasteiger partial charge < -0.3 is 15.4 Å². The maximum absolute atomic E-state index is 9.60. The average Bonchev–Trinajstić information content (AvgIpc) is 2.90. The number of aliphatic hydroxyl groups excluding tert-OH is 1. The summed E-state index contributed by atoms with van der Waals surface area (Å²) in [5.41, 5.74) is 3.18. The zero-order chi connectivity index (χ0) is 14.7. The first kappa shape index (κ1) is 13.6. The van der Waals surface area contributed by atoms with Gasteiger partial charge in [0.25, 0.3) is 0 Å². The first-order valence-corrected chi connectivity index (χ1v) is 6.98. The Bertz CT molecular complexity index is 738. The number of nitrogens with zero attached hydrogens (tertiary/aromatic N) is 2. The zero-order valence-corrected chi connectivity index (χ0v) is 11.9. The van der Waals surface area contributed by atoms with E-state index in [-0.39, 0.29) is 12.6 Å². The van der Waals surface area contributed by atoms with Crippen LogP contribution in [0.2, 0.25) is 0 Å². The lowest BCUT2D eigenvalue weighted by atomic mass is 10.1. The van der Waals surface area contributed by atoms with Gasteiger partial charge in [-0.25, -0.2) is 9.97 Å². The van der Waals surface area contributed by atoms with Crippen molar-refractivity contribution in [1.82, 2.24) is 15.0 Å². The first-order valence-electron chi connectivity index (χ1n) is 6.98. The molecule has 5 heteroatoms. The molecular formula is C16H18N4O. The lowest BCUT2D eigenvalue weighted by Gasteiger charge is -2.16. The van der Waals surface area contributed by atoms with E-state index in [1.54, 1.807) is 6.20 Å². The third-order valence-corrected chi connectivity index (χ3v) is 3.49. The quantitative estimate of drug-likeness (QED) is 0.671. The molecule has 0 saturated carbocycles. The van der Waals surface area contributed by atoms with Crippen LogP contribution in [0.1, 0.15) is 11.3 Å². The molecule has 0 saturated heterocycles. The Hall–Kier alpha value is -2.40. The molecule has 2 heterocycles. The van der Waals surface area contributed by atoms with Crippen molar-refractivity contribution in [3.8, 4) is 0 Å². The van der Waals surface area contributed by atoms with Crippen molar-refractivity contribution in [2.45, 2.75) is 19.4 Å². The van der Waals surface area contributed by atoms with Gasteiger partial charge in [0.15, 0.2) is 0 Å². The molecule has 0 aliphatic heterocycles. The number of hydrogen-bond donors (Lipinski definition) is 3. The van der Waals surface area contributed by atoms with E-state index in [9.17, 15) is 5.11 Å². The number of H-pyrrole nitrogens is 1. The summed E-state index contributed by atoms with van der Waals surface area (Å²) in [5, 5.41) is 14.0. The predicted octanol–water partition coefficient (Wildman–Crippen LogP) is 2.28. The zero-order valence-electron chi connectivity index (χ0n) is 11.9. The molecule has 0 aliphatic rings. The molecular weight excluding hydrogens is 264 g/mol. The van der Waals surface area contributed by atoms with Crippen LogP contribution < -0.4 is 5.32 Å². The maximum atomic E-state index is 9.60. The van der Waals surface area contributed by atoms with Crippen LogP contribution in [0.3, 0.4) is 0 Å². The van der Waals surface area contributed by atoms with Crippen molar-refractivity contribution in [1.29, 1.82) is 0 Å². The van der Waals surface area contributed by atoms with Gasteiger partial charge in [-0.2, -0.15) is 0 Å². The number of aliphatic hydroxyl groups is 1. The number of aromatic amines is 1. The monoisotopic (exact) mass is 282 g/mol.